The van der Waals surface area contributed by atoms with E-state index >= 15 is 0 Å². The molecule has 1 amide bonds. The molecule has 0 atom stereocenters. The minimum atomic E-state index is -0.109. The summed E-state index contributed by atoms with van der Waals surface area (Å²) in [5.74, 6) is 3.01. The molecule has 33 heavy (non-hydrogen) atoms. The smallest absolute Gasteiger partial charge is 0.251 e. The average Bonchev–Trinajstić information content (AvgIpc) is 3.22. The van der Waals surface area contributed by atoms with E-state index in [-0.39, 0.29) is 5.91 Å². The molecular formula is C27H35N3O3. The second-order valence-electron chi connectivity index (χ2n) is 8.89. The number of aryl methyl sites for hydroxylation is 2. The van der Waals surface area contributed by atoms with Gasteiger partial charge in [0, 0.05) is 25.1 Å². The van der Waals surface area contributed by atoms with Crippen LogP contribution in [0.25, 0.3) is 11.0 Å². The highest BCUT2D eigenvalue weighted by atomic mass is 16.5. The Hall–Kier alpha value is -3.02. The van der Waals surface area contributed by atoms with Crippen molar-refractivity contribution in [2.45, 2.75) is 57.9 Å². The summed E-state index contributed by atoms with van der Waals surface area (Å²) < 4.78 is 13.0. The number of para-hydroxylation sites is 2. The van der Waals surface area contributed by atoms with Gasteiger partial charge in [-0.1, -0.05) is 44.2 Å². The number of nitrogens with zero attached hydrogens (tertiary/aromatic N) is 2. The topological polar surface area (TPSA) is 65.4 Å². The van der Waals surface area contributed by atoms with Gasteiger partial charge in [-0.2, -0.15) is 0 Å². The number of hydrogen-bond acceptors (Lipinski definition) is 4. The molecule has 1 aromatic heterocycles. The fourth-order valence-electron chi connectivity index (χ4n) is 4.88. The van der Waals surface area contributed by atoms with Gasteiger partial charge >= 0.3 is 0 Å². The Morgan fingerprint density at radius 1 is 1.06 bits per heavy atom. The molecular weight excluding hydrogens is 414 g/mol. The first-order valence-corrected chi connectivity index (χ1v) is 12.1. The molecule has 1 aliphatic rings. The molecule has 0 unspecified atom stereocenters. The predicted octanol–water partition coefficient (Wildman–Crippen LogP) is 5.39. The van der Waals surface area contributed by atoms with Crippen LogP contribution in [0.2, 0.25) is 0 Å². The molecule has 0 aliphatic heterocycles. The number of hydrogen-bond donors (Lipinski definition) is 1. The van der Waals surface area contributed by atoms with Gasteiger partial charge in [0.05, 0.1) is 25.3 Å². The van der Waals surface area contributed by atoms with Crippen molar-refractivity contribution in [2.24, 2.45) is 5.92 Å². The van der Waals surface area contributed by atoms with Crippen LogP contribution in [0, 0.1) is 5.92 Å². The van der Waals surface area contributed by atoms with Crippen LogP contribution in [0.15, 0.2) is 42.5 Å². The van der Waals surface area contributed by atoms with Crippen LogP contribution in [0.3, 0.4) is 0 Å². The number of ether oxygens (including phenoxy) is 2. The van der Waals surface area contributed by atoms with E-state index in [1.807, 2.05) is 6.07 Å². The van der Waals surface area contributed by atoms with E-state index in [1.165, 1.54) is 44.0 Å². The number of methoxy groups -OCH3 is 2. The van der Waals surface area contributed by atoms with Gasteiger partial charge in [0.15, 0.2) is 11.5 Å². The van der Waals surface area contributed by atoms with Gasteiger partial charge in [-0.3, -0.25) is 4.79 Å². The summed E-state index contributed by atoms with van der Waals surface area (Å²) in [6.45, 7) is 1.62. The van der Waals surface area contributed by atoms with E-state index in [4.69, 9.17) is 14.5 Å². The number of benzene rings is 2. The molecule has 2 aromatic carbocycles. The molecule has 176 valence electrons. The molecule has 1 N–H and O–H groups in total. The van der Waals surface area contributed by atoms with E-state index in [1.54, 1.807) is 32.4 Å². The summed E-state index contributed by atoms with van der Waals surface area (Å²) >= 11 is 0. The van der Waals surface area contributed by atoms with Crippen molar-refractivity contribution in [3.8, 4) is 11.5 Å². The number of rotatable bonds is 10. The molecule has 0 spiro atoms. The highest BCUT2D eigenvalue weighted by Gasteiger charge is 2.16. The van der Waals surface area contributed by atoms with E-state index in [0.29, 0.717) is 23.6 Å². The van der Waals surface area contributed by atoms with Crippen LogP contribution in [-0.2, 0) is 13.0 Å². The Morgan fingerprint density at radius 3 is 2.64 bits per heavy atom. The molecule has 4 rings (SSSR count). The Labute approximate surface area is 196 Å². The third-order valence-electron chi connectivity index (χ3n) is 6.73. The third-order valence-corrected chi connectivity index (χ3v) is 6.73. The molecule has 1 fully saturated rings. The van der Waals surface area contributed by atoms with Gasteiger partial charge in [-0.25, -0.2) is 4.98 Å². The van der Waals surface area contributed by atoms with Crippen LogP contribution in [0.4, 0.5) is 0 Å². The molecule has 1 heterocycles. The van der Waals surface area contributed by atoms with Crippen LogP contribution in [0.1, 0.15) is 61.1 Å². The normalized spacial score (nSPS) is 14.4. The second kappa shape index (κ2) is 11.2. The lowest BCUT2D eigenvalue weighted by atomic mass is 9.87. The zero-order valence-electron chi connectivity index (χ0n) is 19.8. The Bertz CT molecular complexity index is 1070. The summed E-state index contributed by atoms with van der Waals surface area (Å²) in [4.78, 5) is 17.5. The van der Waals surface area contributed by atoms with Crippen molar-refractivity contribution >= 4 is 16.9 Å². The quantitative estimate of drug-likeness (QED) is 0.422. The Balaban J connectivity index is 1.35. The van der Waals surface area contributed by atoms with Gasteiger partial charge in [0.1, 0.15) is 5.82 Å². The minimum absolute atomic E-state index is 0.109. The zero-order valence-corrected chi connectivity index (χ0v) is 19.8. The van der Waals surface area contributed by atoms with Crippen molar-refractivity contribution in [3.63, 3.8) is 0 Å². The Morgan fingerprint density at radius 2 is 1.85 bits per heavy atom. The number of amides is 1. The lowest BCUT2D eigenvalue weighted by Gasteiger charge is -2.22. The number of imidazole rings is 1. The Kier molecular flexibility index (Phi) is 7.87. The first-order chi connectivity index (χ1) is 16.2. The predicted molar refractivity (Wildman–Crippen MR) is 131 cm³/mol. The maximum atomic E-state index is 12.6. The van der Waals surface area contributed by atoms with Crippen molar-refractivity contribution in [1.82, 2.24) is 14.9 Å². The fourth-order valence-corrected chi connectivity index (χ4v) is 4.88. The highest BCUT2D eigenvalue weighted by Crippen LogP contribution is 2.29. The van der Waals surface area contributed by atoms with Crippen LogP contribution in [-0.4, -0.2) is 36.2 Å². The number of nitrogens with one attached hydrogen (secondary N) is 1. The fraction of sp³-hybridized carbons (Fsp3) is 0.481. The summed E-state index contributed by atoms with van der Waals surface area (Å²) in [6.07, 6.45) is 9.78. The highest BCUT2D eigenvalue weighted by molar-refractivity contribution is 5.94. The van der Waals surface area contributed by atoms with E-state index in [0.717, 1.165) is 36.6 Å². The largest absolute Gasteiger partial charge is 0.493 e. The van der Waals surface area contributed by atoms with E-state index in [9.17, 15) is 4.79 Å². The summed E-state index contributed by atoms with van der Waals surface area (Å²) in [5, 5.41) is 3.02. The molecule has 1 saturated carbocycles. The van der Waals surface area contributed by atoms with E-state index < -0.39 is 0 Å². The number of carbonyl (C=O) groups is 1. The van der Waals surface area contributed by atoms with E-state index in [2.05, 4.69) is 28.1 Å². The minimum Gasteiger partial charge on any atom is -0.493 e. The summed E-state index contributed by atoms with van der Waals surface area (Å²) in [7, 11) is 3.15. The molecule has 6 nitrogen and oxygen atoms in total. The third kappa shape index (κ3) is 5.67. The summed E-state index contributed by atoms with van der Waals surface area (Å²) in [6, 6.07) is 13.6. The number of fused-ring (bicyclic) bond motifs is 1. The number of carbonyl (C=O) groups excluding carboxylic acids is 1. The first-order valence-electron chi connectivity index (χ1n) is 12.1. The van der Waals surface area contributed by atoms with Crippen molar-refractivity contribution < 1.29 is 14.3 Å². The van der Waals surface area contributed by atoms with Crippen LogP contribution >= 0.6 is 0 Å². The van der Waals surface area contributed by atoms with Gasteiger partial charge < -0.3 is 19.4 Å². The standard InChI is InChI=1S/C27H35N3O3/c1-32-24-15-14-21(19-25(24)33-2)27(31)28-17-8-13-26-29-22-11-6-7-12-23(22)30(26)18-16-20-9-4-3-5-10-20/h6-7,11-12,14-15,19-20H,3-5,8-10,13,16-18H2,1-2H3,(H,28,31). The van der Waals surface area contributed by atoms with Crippen molar-refractivity contribution in [3.05, 3.63) is 53.9 Å². The zero-order chi connectivity index (χ0) is 23.0. The maximum Gasteiger partial charge on any atom is 0.251 e. The van der Waals surface area contributed by atoms with Gasteiger partial charge in [-0.15, -0.1) is 0 Å². The maximum absolute atomic E-state index is 12.6. The van der Waals surface area contributed by atoms with Gasteiger partial charge in [-0.05, 0) is 49.1 Å². The van der Waals surface area contributed by atoms with Gasteiger partial charge in [0.2, 0.25) is 0 Å². The first kappa shape index (κ1) is 23.1. The molecule has 0 radical (unpaired) electrons. The van der Waals surface area contributed by atoms with Crippen LogP contribution < -0.4 is 14.8 Å². The SMILES string of the molecule is COc1ccc(C(=O)NCCCc2nc3ccccc3n2CCC2CCCCC2)cc1OC. The average molecular weight is 450 g/mol. The van der Waals surface area contributed by atoms with Crippen molar-refractivity contribution in [1.29, 1.82) is 0 Å². The van der Waals surface area contributed by atoms with Crippen molar-refractivity contribution in [2.75, 3.05) is 20.8 Å². The molecule has 6 heteroatoms. The molecule has 0 bridgehead atoms. The molecule has 0 saturated heterocycles. The monoisotopic (exact) mass is 449 g/mol. The number of aromatic nitrogens is 2. The van der Waals surface area contributed by atoms with Crippen LogP contribution in [0.5, 0.6) is 11.5 Å². The lowest BCUT2D eigenvalue weighted by molar-refractivity contribution is 0.0952. The van der Waals surface area contributed by atoms with Gasteiger partial charge in [0.25, 0.3) is 5.91 Å². The second-order valence-corrected chi connectivity index (χ2v) is 8.89. The molecule has 3 aromatic rings. The lowest BCUT2D eigenvalue weighted by Crippen LogP contribution is -2.25. The molecule has 1 aliphatic carbocycles. The summed E-state index contributed by atoms with van der Waals surface area (Å²) in [5.41, 5.74) is 2.84.